The van der Waals surface area contributed by atoms with Gasteiger partial charge in [0, 0.05) is 12.0 Å². The Hall–Kier alpha value is -0.830. The Balaban J connectivity index is 2.07. The summed E-state index contributed by atoms with van der Waals surface area (Å²) in [4.78, 5) is 0. The van der Waals surface area contributed by atoms with E-state index in [4.69, 9.17) is 4.74 Å². The third kappa shape index (κ3) is 2.52. The minimum atomic E-state index is -4.33. The highest BCUT2D eigenvalue weighted by molar-refractivity contribution is 14.1. The molecule has 1 fully saturated rings. The first-order valence-corrected chi connectivity index (χ1v) is 7.41. The van der Waals surface area contributed by atoms with Gasteiger partial charge in [0.2, 0.25) is 0 Å². The monoisotopic (exact) mass is 396 g/mol. The van der Waals surface area contributed by atoms with Gasteiger partial charge in [-0.3, -0.25) is 0 Å². The molecule has 1 aliphatic rings. The van der Waals surface area contributed by atoms with Crippen LogP contribution < -0.4 is 0 Å². The summed E-state index contributed by atoms with van der Waals surface area (Å²) in [6, 6.07) is 3.73. The minimum Gasteiger partial charge on any atom is -0.356 e. The second-order valence-electron chi connectivity index (χ2n) is 4.79. The number of aromatic nitrogens is 2. The maximum absolute atomic E-state index is 12.8. The summed E-state index contributed by atoms with van der Waals surface area (Å²) in [5.74, 6) is 0. The minimum absolute atomic E-state index is 0.175. The molecule has 7 heteroatoms. The SMILES string of the molecule is FC(F)(F)c1ccc2c(c1)c(I)nn2C1CCCCO1. The van der Waals surface area contributed by atoms with Crippen LogP contribution in [0.3, 0.4) is 0 Å². The molecule has 20 heavy (non-hydrogen) atoms. The Labute approximate surface area is 127 Å². The highest BCUT2D eigenvalue weighted by Crippen LogP contribution is 2.34. The van der Waals surface area contributed by atoms with Gasteiger partial charge >= 0.3 is 6.18 Å². The third-order valence-electron chi connectivity index (χ3n) is 3.42. The van der Waals surface area contributed by atoms with Crippen LogP contribution >= 0.6 is 22.6 Å². The number of ether oxygens (including phenoxy) is 1. The molecule has 1 aromatic carbocycles. The second kappa shape index (κ2) is 5.18. The predicted octanol–water partition coefficient (Wildman–Crippen LogP) is 4.36. The lowest BCUT2D eigenvalue weighted by molar-refractivity contribution is -0.137. The van der Waals surface area contributed by atoms with Gasteiger partial charge in [0.05, 0.1) is 11.1 Å². The highest BCUT2D eigenvalue weighted by atomic mass is 127. The molecule has 0 bridgehead atoms. The molecular weight excluding hydrogens is 384 g/mol. The van der Waals surface area contributed by atoms with Crippen LogP contribution in [0.2, 0.25) is 0 Å². The Morgan fingerprint density at radius 2 is 2.10 bits per heavy atom. The Bertz CT molecular complexity index is 632. The van der Waals surface area contributed by atoms with Gasteiger partial charge in [-0.15, -0.1) is 0 Å². The number of rotatable bonds is 1. The molecule has 0 amide bonds. The number of hydrogen-bond donors (Lipinski definition) is 0. The quantitative estimate of drug-likeness (QED) is 0.670. The van der Waals surface area contributed by atoms with Crippen LogP contribution in [-0.4, -0.2) is 16.4 Å². The molecule has 2 aromatic rings. The van der Waals surface area contributed by atoms with E-state index >= 15 is 0 Å². The van der Waals surface area contributed by atoms with Crippen molar-refractivity contribution in [1.29, 1.82) is 0 Å². The van der Waals surface area contributed by atoms with Crippen molar-refractivity contribution in [3.63, 3.8) is 0 Å². The molecular formula is C13H12F3IN2O. The van der Waals surface area contributed by atoms with E-state index in [1.54, 1.807) is 4.68 Å². The molecule has 3 nitrogen and oxygen atoms in total. The molecule has 0 saturated carbocycles. The van der Waals surface area contributed by atoms with E-state index in [1.807, 2.05) is 22.6 Å². The fourth-order valence-electron chi connectivity index (χ4n) is 2.42. The summed E-state index contributed by atoms with van der Waals surface area (Å²) in [7, 11) is 0. The zero-order valence-electron chi connectivity index (χ0n) is 10.5. The van der Waals surface area contributed by atoms with E-state index in [9.17, 15) is 13.2 Å². The van der Waals surface area contributed by atoms with Crippen LogP contribution in [0.4, 0.5) is 13.2 Å². The van der Waals surface area contributed by atoms with Gasteiger partial charge in [0.25, 0.3) is 0 Å². The van der Waals surface area contributed by atoms with Crippen molar-refractivity contribution in [2.45, 2.75) is 31.7 Å². The van der Waals surface area contributed by atoms with E-state index in [1.165, 1.54) is 6.07 Å². The van der Waals surface area contributed by atoms with Crippen molar-refractivity contribution in [3.8, 4) is 0 Å². The fraction of sp³-hybridized carbons (Fsp3) is 0.462. The third-order valence-corrected chi connectivity index (χ3v) is 4.21. The van der Waals surface area contributed by atoms with Crippen LogP contribution in [-0.2, 0) is 10.9 Å². The Morgan fingerprint density at radius 3 is 2.75 bits per heavy atom. The summed E-state index contributed by atoms with van der Waals surface area (Å²) in [5, 5.41) is 4.87. The molecule has 1 atom stereocenters. The Morgan fingerprint density at radius 1 is 1.30 bits per heavy atom. The Kier molecular flexibility index (Phi) is 3.65. The lowest BCUT2D eigenvalue weighted by Gasteiger charge is -2.23. The van der Waals surface area contributed by atoms with Crippen LogP contribution in [0.25, 0.3) is 10.9 Å². The summed E-state index contributed by atoms with van der Waals surface area (Å²) < 4.78 is 46.2. The lowest BCUT2D eigenvalue weighted by Crippen LogP contribution is -2.19. The molecule has 1 aliphatic heterocycles. The van der Waals surface area contributed by atoms with Crippen molar-refractivity contribution in [2.24, 2.45) is 0 Å². The average Bonchev–Trinajstić information content (AvgIpc) is 2.76. The van der Waals surface area contributed by atoms with Crippen LogP contribution in [0, 0.1) is 3.70 Å². The molecule has 1 unspecified atom stereocenters. The number of alkyl halides is 3. The molecule has 3 rings (SSSR count). The molecule has 0 aliphatic carbocycles. The van der Waals surface area contributed by atoms with Gasteiger partial charge < -0.3 is 4.74 Å². The first kappa shape index (κ1) is 14.1. The molecule has 1 saturated heterocycles. The van der Waals surface area contributed by atoms with E-state index in [-0.39, 0.29) is 6.23 Å². The maximum Gasteiger partial charge on any atom is 0.416 e. The van der Waals surface area contributed by atoms with E-state index < -0.39 is 11.7 Å². The molecule has 0 radical (unpaired) electrons. The topological polar surface area (TPSA) is 27.1 Å². The maximum atomic E-state index is 12.8. The standard InChI is InChI=1S/C13H12F3IN2O/c14-13(15,16)8-4-5-10-9(7-8)12(17)18-19(10)11-3-1-2-6-20-11/h4-5,7,11H,1-3,6H2. The van der Waals surface area contributed by atoms with Gasteiger partial charge in [-0.05, 0) is 60.1 Å². The van der Waals surface area contributed by atoms with Crippen LogP contribution in [0.1, 0.15) is 31.1 Å². The van der Waals surface area contributed by atoms with Crippen molar-refractivity contribution >= 4 is 33.5 Å². The van der Waals surface area contributed by atoms with Crippen LogP contribution in [0.5, 0.6) is 0 Å². The van der Waals surface area contributed by atoms with Gasteiger partial charge in [-0.2, -0.15) is 18.3 Å². The zero-order chi connectivity index (χ0) is 14.3. The van der Waals surface area contributed by atoms with Crippen molar-refractivity contribution in [3.05, 3.63) is 27.5 Å². The van der Waals surface area contributed by atoms with E-state index in [0.29, 0.717) is 21.2 Å². The van der Waals surface area contributed by atoms with Gasteiger partial charge in [-0.1, -0.05) is 0 Å². The summed E-state index contributed by atoms with van der Waals surface area (Å²) in [5.41, 5.74) is 0.0429. The lowest BCUT2D eigenvalue weighted by atomic mass is 10.1. The molecule has 108 valence electrons. The predicted molar refractivity (Wildman–Crippen MR) is 76.3 cm³/mol. The van der Waals surface area contributed by atoms with E-state index in [2.05, 4.69) is 5.10 Å². The van der Waals surface area contributed by atoms with Crippen LogP contribution in [0.15, 0.2) is 18.2 Å². The second-order valence-corrected chi connectivity index (χ2v) is 5.81. The largest absolute Gasteiger partial charge is 0.416 e. The molecule has 0 N–H and O–H groups in total. The summed E-state index contributed by atoms with van der Waals surface area (Å²) in [6.07, 6.45) is -1.60. The summed E-state index contributed by atoms with van der Waals surface area (Å²) >= 11 is 1.97. The van der Waals surface area contributed by atoms with Crippen molar-refractivity contribution in [1.82, 2.24) is 9.78 Å². The first-order valence-electron chi connectivity index (χ1n) is 6.33. The number of fused-ring (bicyclic) bond motifs is 1. The average molecular weight is 396 g/mol. The first-order chi connectivity index (χ1) is 9.47. The van der Waals surface area contributed by atoms with Crippen molar-refractivity contribution < 1.29 is 17.9 Å². The number of hydrogen-bond acceptors (Lipinski definition) is 2. The fourth-order valence-corrected chi connectivity index (χ4v) is 3.08. The molecule has 0 spiro atoms. The summed E-state index contributed by atoms with van der Waals surface area (Å²) in [6.45, 7) is 0.670. The molecule has 2 heterocycles. The number of benzene rings is 1. The number of halogens is 4. The van der Waals surface area contributed by atoms with Crippen molar-refractivity contribution in [2.75, 3.05) is 6.61 Å². The normalized spacial score (nSPS) is 20.5. The van der Waals surface area contributed by atoms with Gasteiger partial charge in [-0.25, -0.2) is 4.68 Å². The van der Waals surface area contributed by atoms with Gasteiger partial charge in [0.1, 0.15) is 3.70 Å². The van der Waals surface area contributed by atoms with Gasteiger partial charge in [0.15, 0.2) is 6.23 Å². The number of nitrogens with zero attached hydrogens (tertiary/aromatic N) is 2. The molecule has 1 aromatic heterocycles. The zero-order valence-corrected chi connectivity index (χ0v) is 12.6. The highest BCUT2D eigenvalue weighted by Gasteiger charge is 2.31. The van der Waals surface area contributed by atoms with E-state index in [0.717, 1.165) is 31.4 Å². The smallest absolute Gasteiger partial charge is 0.356 e.